The van der Waals surface area contributed by atoms with Gasteiger partial charge in [-0.1, -0.05) is 30.3 Å². The van der Waals surface area contributed by atoms with Crippen LogP contribution >= 0.6 is 12.4 Å². The van der Waals surface area contributed by atoms with Gasteiger partial charge in [0.1, 0.15) is 0 Å². The number of amides is 2. The number of carbonyl (C=O) groups excluding carboxylic acids is 2. The Labute approximate surface area is 160 Å². The Morgan fingerprint density at radius 3 is 2.50 bits per heavy atom. The summed E-state index contributed by atoms with van der Waals surface area (Å²) < 4.78 is 22.9. The Kier molecular flexibility index (Phi) is 8.52. The van der Waals surface area contributed by atoms with Crippen LogP contribution in [0.4, 0.5) is 0 Å². The molecule has 26 heavy (non-hydrogen) atoms. The van der Waals surface area contributed by atoms with Crippen LogP contribution in [0.3, 0.4) is 0 Å². The summed E-state index contributed by atoms with van der Waals surface area (Å²) in [6.45, 7) is 2.02. The molecule has 3 N–H and O–H groups in total. The second-order valence-electron chi connectivity index (χ2n) is 6.32. The second-order valence-corrected chi connectivity index (χ2v) is 8.54. The molecule has 0 radical (unpaired) electrons. The SMILES string of the molecule is CCN(CC(=O)NC1CCS(=O)(=O)C1)C(=O)C(N)Cc1ccccc1.Cl. The first kappa shape index (κ1) is 22.4. The summed E-state index contributed by atoms with van der Waals surface area (Å²) >= 11 is 0. The highest BCUT2D eigenvalue weighted by Crippen LogP contribution is 2.11. The van der Waals surface area contributed by atoms with E-state index >= 15 is 0 Å². The quantitative estimate of drug-likeness (QED) is 0.672. The Balaban J connectivity index is 0.00000338. The first-order chi connectivity index (χ1) is 11.8. The number of benzene rings is 1. The smallest absolute Gasteiger partial charge is 0.240 e. The standard InChI is InChI=1S/C17H25N3O4S.ClH/c1-2-20(11-16(21)19-14-8-9-25(23,24)12-14)17(22)15(18)10-13-6-4-3-5-7-13;/h3-7,14-15H,2,8-12,18H2,1H3,(H,19,21);1H. The number of sulfone groups is 1. The molecule has 7 nitrogen and oxygen atoms in total. The molecule has 0 aliphatic carbocycles. The van der Waals surface area contributed by atoms with Crippen molar-refractivity contribution in [3.8, 4) is 0 Å². The van der Waals surface area contributed by atoms with E-state index < -0.39 is 15.9 Å². The van der Waals surface area contributed by atoms with Gasteiger partial charge in [-0.15, -0.1) is 12.4 Å². The van der Waals surface area contributed by atoms with Crippen LogP contribution in [0.2, 0.25) is 0 Å². The Bertz CT molecular complexity index is 712. The number of hydrogen-bond donors (Lipinski definition) is 2. The lowest BCUT2D eigenvalue weighted by atomic mass is 10.1. The lowest BCUT2D eigenvalue weighted by molar-refractivity contribution is -0.137. The summed E-state index contributed by atoms with van der Waals surface area (Å²) in [6.07, 6.45) is 0.820. The van der Waals surface area contributed by atoms with Crippen molar-refractivity contribution < 1.29 is 18.0 Å². The zero-order valence-corrected chi connectivity index (χ0v) is 16.4. The van der Waals surface area contributed by atoms with E-state index in [1.54, 1.807) is 6.92 Å². The zero-order chi connectivity index (χ0) is 18.4. The first-order valence-corrected chi connectivity index (χ1v) is 10.2. The molecule has 0 spiro atoms. The van der Waals surface area contributed by atoms with E-state index in [1.807, 2.05) is 30.3 Å². The molecule has 1 saturated heterocycles. The summed E-state index contributed by atoms with van der Waals surface area (Å²) in [6, 6.07) is 8.36. The monoisotopic (exact) mass is 403 g/mol. The molecule has 0 bridgehead atoms. The highest BCUT2D eigenvalue weighted by atomic mass is 35.5. The Morgan fingerprint density at radius 2 is 1.96 bits per heavy atom. The maximum atomic E-state index is 12.5. The molecule has 2 atom stereocenters. The fourth-order valence-corrected chi connectivity index (χ4v) is 4.56. The number of halogens is 1. The molecule has 9 heteroatoms. The molecular formula is C17H26ClN3O4S. The third-order valence-corrected chi connectivity index (χ3v) is 6.01. The van der Waals surface area contributed by atoms with Gasteiger partial charge in [0.15, 0.2) is 9.84 Å². The van der Waals surface area contributed by atoms with Crippen LogP contribution in [0.1, 0.15) is 18.9 Å². The van der Waals surface area contributed by atoms with Gasteiger partial charge in [-0.25, -0.2) is 8.42 Å². The number of nitrogens with zero attached hydrogens (tertiary/aromatic N) is 1. The molecule has 0 saturated carbocycles. The minimum atomic E-state index is -3.05. The highest BCUT2D eigenvalue weighted by Gasteiger charge is 2.30. The number of nitrogens with two attached hydrogens (primary N) is 1. The van der Waals surface area contributed by atoms with Gasteiger partial charge < -0.3 is 16.0 Å². The van der Waals surface area contributed by atoms with E-state index in [2.05, 4.69) is 5.32 Å². The molecule has 146 valence electrons. The van der Waals surface area contributed by atoms with Crippen LogP contribution in [0.15, 0.2) is 30.3 Å². The molecule has 1 aliphatic heterocycles. The fourth-order valence-electron chi connectivity index (χ4n) is 2.89. The maximum Gasteiger partial charge on any atom is 0.240 e. The van der Waals surface area contributed by atoms with Crippen LogP contribution in [0.25, 0.3) is 0 Å². The molecule has 1 aromatic carbocycles. The van der Waals surface area contributed by atoms with Gasteiger partial charge >= 0.3 is 0 Å². The number of rotatable bonds is 7. The van der Waals surface area contributed by atoms with Gasteiger partial charge in [0.25, 0.3) is 0 Å². The van der Waals surface area contributed by atoms with E-state index in [0.717, 1.165) is 5.56 Å². The first-order valence-electron chi connectivity index (χ1n) is 8.39. The topological polar surface area (TPSA) is 110 Å². The van der Waals surface area contributed by atoms with Gasteiger partial charge in [-0.05, 0) is 25.3 Å². The molecule has 1 heterocycles. The third kappa shape index (κ3) is 6.59. The van der Waals surface area contributed by atoms with Crippen molar-refractivity contribution in [1.29, 1.82) is 0 Å². The highest BCUT2D eigenvalue weighted by molar-refractivity contribution is 7.91. The zero-order valence-electron chi connectivity index (χ0n) is 14.8. The summed E-state index contributed by atoms with van der Waals surface area (Å²) in [7, 11) is -3.05. The van der Waals surface area contributed by atoms with Gasteiger partial charge in [0.2, 0.25) is 11.8 Å². The summed E-state index contributed by atoms with van der Waals surface area (Å²) in [5, 5.41) is 2.69. The van der Waals surface area contributed by atoms with Gasteiger partial charge in [0.05, 0.1) is 24.1 Å². The Morgan fingerprint density at radius 1 is 1.31 bits per heavy atom. The molecule has 1 fully saturated rings. The van der Waals surface area contributed by atoms with E-state index in [1.165, 1.54) is 4.90 Å². The van der Waals surface area contributed by atoms with Crippen LogP contribution in [-0.4, -0.2) is 61.8 Å². The average molecular weight is 404 g/mol. The molecule has 2 unspecified atom stereocenters. The normalized spacial score (nSPS) is 19.2. The van der Waals surface area contributed by atoms with Crippen LogP contribution < -0.4 is 11.1 Å². The third-order valence-electron chi connectivity index (χ3n) is 4.24. The van der Waals surface area contributed by atoms with Crippen LogP contribution in [-0.2, 0) is 25.8 Å². The Hall–Kier alpha value is -1.64. The number of hydrogen-bond acceptors (Lipinski definition) is 5. The minimum absolute atomic E-state index is 0. The van der Waals surface area contributed by atoms with E-state index in [9.17, 15) is 18.0 Å². The molecular weight excluding hydrogens is 378 g/mol. The van der Waals surface area contributed by atoms with Crippen molar-refractivity contribution >= 4 is 34.1 Å². The molecule has 1 aliphatic rings. The number of likely N-dealkylation sites (N-methyl/N-ethyl adjacent to an activating group) is 1. The lowest BCUT2D eigenvalue weighted by Crippen LogP contribution is -2.50. The van der Waals surface area contributed by atoms with Crippen LogP contribution in [0.5, 0.6) is 0 Å². The van der Waals surface area contributed by atoms with Crippen LogP contribution in [0, 0.1) is 0 Å². The van der Waals surface area contributed by atoms with Gasteiger partial charge in [-0.3, -0.25) is 9.59 Å². The van der Waals surface area contributed by atoms with Crippen molar-refractivity contribution in [2.75, 3.05) is 24.6 Å². The van der Waals surface area contributed by atoms with Crippen molar-refractivity contribution in [1.82, 2.24) is 10.2 Å². The van der Waals surface area contributed by atoms with Crippen molar-refractivity contribution in [2.45, 2.75) is 31.8 Å². The van der Waals surface area contributed by atoms with Gasteiger partial charge in [0, 0.05) is 12.6 Å². The lowest BCUT2D eigenvalue weighted by Gasteiger charge is -2.24. The van der Waals surface area contributed by atoms with E-state index in [-0.39, 0.29) is 48.3 Å². The van der Waals surface area contributed by atoms with Crippen molar-refractivity contribution in [2.24, 2.45) is 5.73 Å². The maximum absolute atomic E-state index is 12.5. The summed E-state index contributed by atoms with van der Waals surface area (Å²) in [4.78, 5) is 26.0. The van der Waals surface area contributed by atoms with Crippen molar-refractivity contribution in [3.63, 3.8) is 0 Å². The summed E-state index contributed by atoms with van der Waals surface area (Å²) in [5.41, 5.74) is 6.96. The molecule has 2 amide bonds. The van der Waals surface area contributed by atoms with Crippen molar-refractivity contribution in [3.05, 3.63) is 35.9 Å². The second kappa shape index (κ2) is 9.89. The van der Waals surface area contributed by atoms with E-state index in [4.69, 9.17) is 5.73 Å². The predicted octanol–water partition coefficient (Wildman–Crippen LogP) is 0.130. The molecule has 0 aromatic heterocycles. The summed E-state index contributed by atoms with van der Waals surface area (Å²) in [5.74, 6) is -0.590. The predicted molar refractivity (Wildman–Crippen MR) is 103 cm³/mol. The molecule has 2 rings (SSSR count). The molecule has 1 aromatic rings. The van der Waals surface area contributed by atoms with E-state index in [0.29, 0.717) is 19.4 Å². The fraction of sp³-hybridized carbons (Fsp3) is 0.529. The number of nitrogens with one attached hydrogen (secondary N) is 1. The average Bonchev–Trinajstić information content (AvgIpc) is 2.91. The van der Waals surface area contributed by atoms with Gasteiger partial charge in [-0.2, -0.15) is 0 Å². The minimum Gasteiger partial charge on any atom is -0.351 e. The number of carbonyl (C=O) groups is 2. The largest absolute Gasteiger partial charge is 0.351 e.